The van der Waals surface area contributed by atoms with E-state index in [2.05, 4.69) is 5.32 Å². The molecule has 5 nitrogen and oxygen atoms in total. The number of imide groups is 1. The molecule has 1 fully saturated rings. The SMILES string of the molecule is O=C(CCN1C(=O)[C@H]2CC=CC[C@H]2C1=O)Nc1ccccc1Sc1ccccc1. The average Bonchev–Trinajstić information content (AvgIpc) is 2.99. The summed E-state index contributed by atoms with van der Waals surface area (Å²) in [4.78, 5) is 40.8. The zero-order chi connectivity index (χ0) is 20.2. The zero-order valence-electron chi connectivity index (χ0n) is 15.9. The molecule has 0 unspecified atom stereocenters. The Labute approximate surface area is 174 Å². The fraction of sp³-hybridized carbons (Fsp3) is 0.261. The molecule has 4 rings (SSSR count). The van der Waals surface area contributed by atoms with E-state index in [-0.39, 0.29) is 42.5 Å². The minimum absolute atomic E-state index is 0.0920. The van der Waals surface area contributed by atoms with Crippen LogP contribution in [0.1, 0.15) is 19.3 Å². The first-order valence-corrected chi connectivity index (χ1v) is 10.6. The first-order chi connectivity index (χ1) is 14.1. The number of fused-ring (bicyclic) bond motifs is 1. The maximum Gasteiger partial charge on any atom is 0.233 e. The number of anilines is 1. The van der Waals surface area contributed by atoms with Crippen molar-refractivity contribution in [2.75, 3.05) is 11.9 Å². The summed E-state index contributed by atoms with van der Waals surface area (Å²) < 4.78 is 0. The lowest BCUT2D eigenvalue weighted by molar-refractivity contribution is -0.140. The van der Waals surface area contributed by atoms with Crippen molar-refractivity contribution in [2.24, 2.45) is 11.8 Å². The van der Waals surface area contributed by atoms with Crippen LogP contribution < -0.4 is 5.32 Å². The summed E-state index contributed by atoms with van der Waals surface area (Å²) in [5.74, 6) is -0.994. The summed E-state index contributed by atoms with van der Waals surface area (Å²) in [5.41, 5.74) is 0.725. The van der Waals surface area contributed by atoms with Gasteiger partial charge in [-0.2, -0.15) is 0 Å². The number of hydrogen-bond donors (Lipinski definition) is 1. The van der Waals surface area contributed by atoms with E-state index < -0.39 is 0 Å². The third-order valence-electron chi connectivity index (χ3n) is 5.29. The van der Waals surface area contributed by atoms with Gasteiger partial charge in [-0.1, -0.05) is 54.2 Å². The minimum atomic E-state index is -0.251. The molecule has 3 amide bonds. The van der Waals surface area contributed by atoms with Gasteiger partial charge in [0.1, 0.15) is 0 Å². The van der Waals surface area contributed by atoms with Gasteiger partial charge in [-0.3, -0.25) is 19.3 Å². The maximum absolute atomic E-state index is 12.5. The molecule has 1 saturated heterocycles. The third kappa shape index (κ3) is 4.27. The molecular formula is C23H22N2O3S. The molecule has 0 aromatic heterocycles. The zero-order valence-corrected chi connectivity index (χ0v) is 16.7. The van der Waals surface area contributed by atoms with Crippen LogP contribution in [0.4, 0.5) is 5.69 Å². The van der Waals surface area contributed by atoms with E-state index in [1.54, 1.807) is 11.8 Å². The number of carbonyl (C=O) groups is 3. The highest BCUT2D eigenvalue weighted by Gasteiger charge is 2.46. The Kier molecular flexibility index (Phi) is 5.81. The van der Waals surface area contributed by atoms with E-state index in [0.717, 1.165) is 15.5 Å². The van der Waals surface area contributed by atoms with Gasteiger partial charge in [0.2, 0.25) is 17.7 Å². The van der Waals surface area contributed by atoms with Crippen molar-refractivity contribution in [1.29, 1.82) is 0 Å². The van der Waals surface area contributed by atoms with Crippen molar-refractivity contribution in [3.05, 3.63) is 66.7 Å². The fourth-order valence-corrected chi connectivity index (χ4v) is 4.71. The summed E-state index contributed by atoms with van der Waals surface area (Å²) in [5, 5.41) is 2.93. The second-order valence-electron chi connectivity index (χ2n) is 7.19. The molecule has 1 heterocycles. The first kappa shape index (κ1) is 19.5. The minimum Gasteiger partial charge on any atom is -0.325 e. The van der Waals surface area contributed by atoms with Gasteiger partial charge in [0.15, 0.2) is 0 Å². The van der Waals surface area contributed by atoms with Crippen LogP contribution in [0.3, 0.4) is 0 Å². The number of para-hydroxylation sites is 1. The molecule has 1 aliphatic carbocycles. The number of nitrogens with zero attached hydrogens (tertiary/aromatic N) is 1. The summed E-state index contributed by atoms with van der Waals surface area (Å²) >= 11 is 1.57. The molecule has 0 radical (unpaired) electrons. The molecule has 2 aromatic rings. The standard InChI is InChI=1S/C23H22N2O3S/c26-21(14-15-25-22(27)17-10-4-5-11-18(17)23(25)28)24-19-12-6-7-13-20(19)29-16-8-2-1-3-9-16/h1-9,12-13,17-18H,10-11,14-15H2,(H,24,26)/t17-,18+. The Morgan fingerprint density at radius 2 is 1.55 bits per heavy atom. The van der Waals surface area contributed by atoms with Crippen LogP contribution in [-0.4, -0.2) is 29.2 Å². The fourth-order valence-electron chi connectivity index (χ4n) is 3.79. The number of allylic oxidation sites excluding steroid dienone is 2. The maximum atomic E-state index is 12.5. The predicted octanol–water partition coefficient (Wildman–Crippen LogP) is 4.12. The van der Waals surface area contributed by atoms with Crippen LogP contribution in [0.15, 0.2) is 76.5 Å². The predicted molar refractivity (Wildman–Crippen MR) is 112 cm³/mol. The highest BCUT2D eigenvalue weighted by Crippen LogP contribution is 2.35. The smallest absolute Gasteiger partial charge is 0.233 e. The van der Waals surface area contributed by atoms with Crippen molar-refractivity contribution in [1.82, 2.24) is 4.90 Å². The largest absolute Gasteiger partial charge is 0.325 e. The second-order valence-corrected chi connectivity index (χ2v) is 8.31. The topological polar surface area (TPSA) is 66.5 Å². The second kappa shape index (κ2) is 8.66. The van der Waals surface area contributed by atoms with Gasteiger partial charge >= 0.3 is 0 Å². The quantitative estimate of drug-likeness (QED) is 0.579. The van der Waals surface area contributed by atoms with Crippen molar-refractivity contribution in [3.63, 3.8) is 0 Å². The van der Waals surface area contributed by atoms with Crippen LogP contribution in [0.25, 0.3) is 0 Å². The molecule has 0 saturated carbocycles. The molecule has 29 heavy (non-hydrogen) atoms. The van der Waals surface area contributed by atoms with Gasteiger partial charge in [-0.25, -0.2) is 0 Å². The van der Waals surface area contributed by atoms with E-state index in [0.29, 0.717) is 12.8 Å². The van der Waals surface area contributed by atoms with Crippen molar-refractivity contribution in [2.45, 2.75) is 29.1 Å². The van der Waals surface area contributed by atoms with Gasteiger partial charge in [0.05, 0.1) is 17.5 Å². The summed E-state index contributed by atoms with van der Waals surface area (Å²) in [6, 6.07) is 17.6. The van der Waals surface area contributed by atoms with Crippen molar-refractivity contribution < 1.29 is 14.4 Å². The van der Waals surface area contributed by atoms with E-state index >= 15 is 0 Å². The molecule has 1 N–H and O–H groups in total. The van der Waals surface area contributed by atoms with Gasteiger partial charge < -0.3 is 5.32 Å². The lowest BCUT2D eigenvalue weighted by atomic mass is 9.85. The lowest BCUT2D eigenvalue weighted by Gasteiger charge is -2.15. The van der Waals surface area contributed by atoms with Crippen LogP contribution in [0.2, 0.25) is 0 Å². The number of rotatable bonds is 6. The van der Waals surface area contributed by atoms with E-state index in [9.17, 15) is 14.4 Å². The molecule has 2 atom stereocenters. The summed E-state index contributed by atoms with van der Waals surface area (Å²) in [6.07, 6.45) is 5.24. The van der Waals surface area contributed by atoms with Crippen LogP contribution in [0, 0.1) is 11.8 Å². The van der Waals surface area contributed by atoms with Gasteiger partial charge in [-0.15, -0.1) is 0 Å². The molecule has 2 aliphatic rings. The Hall–Kier alpha value is -2.86. The number of carbonyl (C=O) groups excluding carboxylic acids is 3. The normalized spacial score (nSPS) is 20.6. The first-order valence-electron chi connectivity index (χ1n) is 9.75. The van der Waals surface area contributed by atoms with E-state index in [4.69, 9.17) is 0 Å². The molecule has 0 spiro atoms. The van der Waals surface area contributed by atoms with Crippen LogP contribution in [0.5, 0.6) is 0 Å². The Morgan fingerprint density at radius 1 is 0.931 bits per heavy atom. The van der Waals surface area contributed by atoms with Crippen molar-refractivity contribution >= 4 is 35.2 Å². The molecule has 6 heteroatoms. The number of hydrogen-bond acceptors (Lipinski definition) is 4. The highest BCUT2D eigenvalue weighted by atomic mass is 32.2. The number of amides is 3. The van der Waals surface area contributed by atoms with Crippen LogP contribution >= 0.6 is 11.8 Å². The average molecular weight is 407 g/mol. The molecule has 0 bridgehead atoms. The highest BCUT2D eigenvalue weighted by molar-refractivity contribution is 7.99. The third-order valence-corrected chi connectivity index (χ3v) is 6.38. The molecular weight excluding hydrogens is 384 g/mol. The van der Waals surface area contributed by atoms with Gasteiger partial charge in [0, 0.05) is 22.8 Å². The summed E-state index contributed by atoms with van der Waals surface area (Å²) in [6.45, 7) is 0.129. The summed E-state index contributed by atoms with van der Waals surface area (Å²) in [7, 11) is 0. The Morgan fingerprint density at radius 3 is 2.24 bits per heavy atom. The Balaban J connectivity index is 1.37. The van der Waals surface area contributed by atoms with Gasteiger partial charge in [-0.05, 0) is 37.1 Å². The number of benzene rings is 2. The van der Waals surface area contributed by atoms with E-state index in [1.165, 1.54) is 4.90 Å². The number of nitrogens with one attached hydrogen (secondary N) is 1. The monoisotopic (exact) mass is 406 g/mol. The Bertz CT molecular complexity index is 932. The van der Waals surface area contributed by atoms with Crippen LogP contribution in [-0.2, 0) is 14.4 Å². The molecule has 148 valence electrons. The number of likely N-dealkylation sites (tertiary alicyclic amines) is 1. The molecule has 2 aromatic carbocycles. The van der Waals surface area contributed by atoms with E-state index in [1.807, 2.05) is 66.7 Å². The lowest BCUT2D eigenvalue weighted by Crippen LogP contribution is -2.34. The van der Waals surface area contributed by atoms with Crippen molar-refractivity contribution in [3.8, 4) is 0 Å². The van der Waals surface area contributed by atoms with Gasteiger partial charge in [0.25, 0.3) is 0 Å². The molecule has 1 aliphatic heterocycles.